The lowest BCUT2D eigenvalue weighted by molar-refractivity contribution is 0.190. The fourth-order valence-corrected chi connectivity index (χ4v) is 0.573. The highest BCUT2D eigenvalue weighted by Gasteiger charge is 2.02. The maximum atomic E-state index is 3.67. The van der Waals surface area contributed by atoms with Crippen molar-refractivity contribution in [3.63, 3.8) is 0 Å². The van der Waals surface area contributed by atoms with E-state index in [4.69, 9.17) is 0 Å². The Morgan fingerprint density at radius 3 is 2.20 bits per heavy atom. The fourth-order valence-electron chi connectivity index (χ4n) is 0.573. The van der Waals surface area contributed by atoms with Gasteiger partial charge in [-0.15, -0.1) is 0 Å². The summed E-state index contributed by atoms with van der Waals surface area (Å²) in [6, 6.07) is 0.599. The highest BCUT2D eigenvalue weighted by Crippen LogP contribution is 1.94. The third-order valence-electron chi connectivity index (χ3n) is 1.64. The molecule has 0 aromatic rings. The van der Waals surface area contributed by atoms with Gasteiger partial charge in [0.25, 0.3) is 0 Å². The van der Waals surface area contributed by atoms with Gasteiger partial charge in [0.1, 0.15) is 0 Å². The van der Waals surface area contributed by atoms with Crippen LogP contribution in [0.4, 0.5) is 0 Å². The van der Waals surface area contributed by atoms with Gasteiger partial charge in [0.2, 0.25) is 0 Å². The summed E-state index contributed by atoms with van der Waals surface area (Å²) in [5.74, 6) is 0. The monoisotopic (exact) mass is 142 g/mol. The average molecular weight is 142 g/mol. The van der Waals surface area contributed by atoms with E-state index in [1.807, 2.05) is 13.2 Å². The van der Waals surface area contributed by atoms with Crippen LogP contribution in [0.1, 0.15) is 13.8 Å². The SMILES string of the molecule is C=CN(C)CN(C)C(C)C. The highest BCUT2D eigenvalue weighted by molar-refractivity contribution is 4.66. The Morgan fingerprint density at radius 2 is 1.90 bits per heavy atom. The van der Waals surface area contributed by atoms with Gasteiger partial charge < -0.3 is 4.90 Å². The summed E-state index contributed by atoms with van der Waals surface area (Å²) >= 11 is 0. The highest BCUT2D eigenvalue weighted by atomic mass is 15.3. The van der Waals surface area contributed by atoms with Crippen molar-refractivity contribution in [2.24, 2.45) is 0 Å². The molecule has 60 valence electrons. The van der Waals surface area contributed by atoms with Crippen molar-refractivity contribution < 1.29 is 0 Å². The molecule has 0 fully saturated rings. The van der Waals surface area contributed by atoms with Gasteiger partial charge in [0.05, 0.1) is 6.67 Å². The second-order valence-electron chi connectivity index (χ2n) is 2.93. The second kappa shape index (κ2) is 4.34. The van der Waals surface area contributed by atoms with Crippen LogP contribution >= 0.6 is 0 Å². The maximum Gasteiger partial charge on any atom is 0.0697 e. The molecule has 0 unspecified atom stereocenters. The van der Waals surface area contributed by atoms with Gasteiger partial charge in [-0.05, 0) is 27.1 Å². The molecule has 0 aliphatic rings. The minimum absolute atomic E-state index is 0.599. The van der Waals surface area contributed by atoms with E-state index >= 15 is 0 Å². The topological polar surface area (TPSA) is 6.48 Å². The van der Waals surface area contributed by atoms with Crippen LogP contribution in [0.3, 0.4) is 0 Å². The molecule has 0 heterocycles. The zero-order valence-corrected chi connectivity index (χ0v) is 7.46. The predicted molar refractivity (Wildman–Crippen MR) is 45.7 cm³/mol. The molecule has 2 nitrogen and oxygen atoms in total. The molecule has 0 aliphatic carbocycles. The van der Waals surface area contributed by atoms with Crippen LogP contribution in [0.5, 0.6) is 0 Å². The Hall–Kier alpha value is -0.500. The third kappa shape index (κ3) is 3.51. The molecule has 0 amide bonds. The lowest BCUT2D eigenvalue weighted by Crippen LogP contribution is -2.34. The predicted octanol–water partition coefficient (Wildman–Crippen LogP) is 1.36. The van der Waals surface area contributed by atoms with Crippen molar-refractivity contribution in [3.05, 3.63) is 12.8 Å². The molecule has 0 N–H and O–H groups in total. The van der Waals surface area contributed by atoms with Crippen molar-refractivity contribution in [2.45, 2.75) is 19.9 Å². The van der Waals surface area contributed by atoms with E-state index in [1.54, 1.807) is 0 Å². The lowest BCUT2D eigenvalue weighted by Gasteiger charge is -2.25. The molecule has 0 saturated carbocycles. The molecular weight excluding hydrogens is 124 g/mol. The summed E-state index contributed by atoms with van der Waals surface area (Å²) in [6.45, 7) is 8.97. The average Bonchev–Trinajstić information content (AvgIpc) is 1.87. The summed E-state index contributed by atoms with van der Waals surface area (Å²) in [6.07, 6.45) is 1.83. The Kier molecular flexibility index (Phi) is 4.12. The van der Waals surface area contributed by atoms with Gasteiger partial charge in [-0.2, -0.15) is 0 Å². The first-order chi connectivity index (χ1) is 4.57. The van der Waals surface area contributed by atoms with Gasteiger partial charge >= 0.3 is 0 Å². The van der Waals surface area contributed by atoms with Crippen molar-refractivity contribution in [1.29, 1.82) is 0 Å². The van der Waals surface area contributed by atoms with E-state index < -0.39 is 0 Å². The molecule has 0 saturated heterocycles. The minimum atomic E-state index is 0.599. The first-order valence-electron chi connectivity index (χ1n) is 3.61. The molecule has 0 bridgehead atoms. The summed E-state index contributed by atoms with van der Waals surface area (Å²) < 4.78 is 0. The standard InChI is InChI=1S/C8H18N2/c1-6-9(4)7-10(5)8(2)3/h6,8H,1,7H2,2-5H3. The molecule has 0 rings (SSSR count). The third-order valence-corrected chi connectivity index (χ3v) is 1.64. The van der Waals surface area contributed by atoms with Crippen LogP contribution in [0.2, 0.25) is 0 Å². The van der Waals surface area contributed by atoms with Gasteiger partial charge in [-0.1, -0.05) is 6.58 Å². The van der Waals surface area contributed by atoms with Gasteiger partial charge in [0.15, 0.2) is 0 Å². The van der Waals surface area contributed by atoms with Crippen molar-refractivity contribution in [3.8, 4) is 0 Å². The normalized spacial score (nSPS) is 10.6. The molecule has 0 aromatic carbocycles. The van der Waals surface area contributed by atoms with E-state index in [1.165, 1.54) is 0 Å². The zero-order valence-electron chi connectivity index (χ0n) is 7.46. The van der Waals surface area contributed by atoms with Gasteiger partial charge in [-0.3, -0.25) is 4.90 Å². The molecule has 0 radical (unpaired) electrons. The maximum absolute atomic E-state index is 3.67. The van der Waals surface area contributed by atoms with Crippen LogP contribution in [0, 0.1) is 0 Å². The first kappa shape index (κ1) is 9.50. The van der Waals surface area contributed by atoms with Crippen LogP contribution in [-0.4, -0.2) is 36.6 Å². The minimum Gasteiger partial charge on any atom is -0.368 e. The van der Waals surface area contributed by atoms with Crippen LogP contribution < -0.4 is 0 Å². The Morgan fingerprint density at radius 1 is 1.40 bits per heavy atom. The summed E-state index contributed by atoms with van der Waals surface area (Å²) in [4.78, 5) is 4.31. The summed E-state index contributed by atoms with van der Waals surface area (Å²) in [5.41, 5.74) is 0. The number of hydrogen-bond acceptors (Lipinski definition) is 2. The number of hydrogen-bond donors (Lipinski definition) is 0. The smallest absolute Gasteiger partial charge is 0.0697 e. The Bertz CT molecular complexity index is 99.4. The van der Waals surface area contributed by atoms with Crippen molar-refractivity contribution in [1.82, 2.24) is 9.80 Å². The van der Waals surface area contributed by atoms with Crippen molar-refractivity contribution in [2.75, 3.05) is 20.8 Å². The van der Waals surface area contributed by atoms with E-state index in [9.17, 15) is 0 Å². The van der Waals surface area contributed by atoms with Crippen LogP contribution in [0.25, 0.3) is 0 Å². The first-order valence-corrected chi connectivity index (χ1v) is 3.61. The van der Waals surface area contributed by atoms with E-state index in [2.05, 4.69) is 37.3 Å². The fraction of sp³-hybridized carbons (Fsp3) is 0.750. The molecule has 2 heteroatoms. The van der Waals surface area contributed by atoms with Gasteiger partial charge in [-0.25, -0.2) is 0 Å². The Balaban J connectivity index is 3.56. The second-order valence-corrected chi connectivity index (χ2v) is 2.93. The van der Waals surface area contributed by atoms with E-state index in [-0.39, 0.29) is 0 Å². The van der Waals surface area contributed by atoms with Crippen LogP contribution in [0.15, 0.2) is 12.8 Å². The molecule has 0 atom stereocenters. The quantitative estimate of drug-likeness (QED) is 0.547. The summed E-state index contributed by atoms with van der Waals surface area (Å²) in [5, 5.41) is 0. The van der Waals surface area contributed by atoms with E-state index in [0.29, 0.717) is 6.04 Å². The van der Waals surface area contributed by atoms with Crippen molar-refractivity contribution >= 4 is 0 Å². The molecular formula is C8H18N2. The molecule has 0 aromatic heterocycles. The number of nitrogens with zero attached hydrogens (tertiary/aromatic N) is 2. The summed E-state index contributed by atoms with van der Waals surface area (Å²) in [7, 11) is 4.12. The van der Waals surface area contributed by atoms with E-state index in [0.717, 1.165) is 6.67 Å². The lowest BCUT2D eigenvalue weighted by atomic mass is 10.4. The molecule has 0 aliphatic heterocycles. The molecule has 10 heavy (non-hydrogen) atoms. The zero-order chi connectivity index (χ0) is 8.15. The number of rotatable bonds is 4. The Labute approximate surface area is 64.1 Å². The largest absolute Gasteiger partial charge is 0.368 e. The van der Waals surface area contributed by atoms with Crippen LogP contribution in [-0.2, 0) is 0 Å². The van der Waals surface area contributed by atoms with Gasteiger partial charge in [0, 0.05) is 13.1 Å². The molecule has 0 spiro atoms.